The highest BCUT2D eigenvalue weighted by Gasteiger charge is 2.02. The molecule has 0 fully saturated rings. The van der Waals surface area contributed by atoms with Crippen molar-refractivity contribution in [3.8, 4) is 5.88 Å². The largest absolute Gasteiger partial charge is 0.472 e. The third-order valence-corrected chi connectivity index (χ3v) is 2.19. The van der Waals surface area contributed by atoms with E-state index in [1.807, 2.05) is 0 Å². The number of rotatable bonds is 4. The molecule has 88 valence electrons. The number of aliphatic hydroxyl groups excluding tert-OH is 1. The average molecular weight is 234 g/mol. The summed E-state index contributed by atoms with van der Waals surface area (Å²) in [5, 5.41) is 16.2. The van der Waals surface area contributed by atoms with Crippen LogP contribution in [0.15, 0.2) is 36.4 Å². The fourth-order valence-electron chi connectivity index (χ4n) is 1.28. The summed E-state index contributed by atoms with van der Waals surface area (Å²) in [5.41, 5.74) is 0.920. The maximum absolute atomic E-state index is 13.3. The Balaban J connectivity index is 2.00. The number of benzene rings is 1. The summed E-state index contributed by atoms with van der Waals surface area (Å²) in [4.78, 5) is 0. The van der Waals surface area contributed by atoms with Crippen LogP contribution in [-0.2, 0) is 13.2 Å². The number of ether oxygens (including phenoxy) is 1. The Kier molecular flexibility index (Phi) is 3.62. The highest BCUT2D eigenvalue weighted by Crippen LogP contribution is 2.11. The van der Waals surface area contributed by atoms with Crippen LogP contribution in [0.2, 0.25) is 0 Å². The minimum atomic E-state index is -0.313. The molecule has 5 heteroatoms. The van der Waals surface area contributed by atoms with E-state index in [1.54, 1.807) is 30.3 Å². The van der Waals surface area contributed by atoms with Gasteiger partial charge in [-0.3, -0.25) is 0 Å². The highest BCUT2D eigenvalue weighted by atomic mass is 19.1. The van der Waals surface area contributed by atoms with Crippen molar-refractivity contribution in [2.24, 2.45) is 0 Å². The van der Waals surface area contributed by atoms with Gasteiger partial charge in [-0.05, 0) is 12.1 Å². The maximum atomic E-state index is 13.3. The number of aromatic nitrogens is 2. The van der Waals surface area contributed by atoms with Gasteiger partial charge in [0.1, 0.15) is 12.4 Å². The Morgan fingerprint density at radius 3 is 2.59 bits per heavy atom. The molecule has 0 atom stereocenters. The number of aliphatic hydroxyl groups is 1. The second kappa shape index (κ2) is 5.36. The standard InChI is InChI=1S/C12H11FN2O2/c13-11-4-2-1-3-9(11)8-17-12-6-5-10(7-16)14-15-12/h1-6,16H,7-8H2. The molecule has 0 aliphatic heterocycles. The molecule has 0 radical (unpaired) electrons. The van der Waals surface area contributed by atoms with Crippen LogP contribution in [0.1, 0.15) is 11.3 Å². The smallest absolute Gasteiger partial charge is 0.233 e. The highest BCUT2D eigenvalue weighted by molar-refractivity contribution is 5.18. The number of hydrogen-bond acceptors (Lipinski definition) is 4. The molecular formula is C12H11FN2O2. The van der Waals surface area contributed by atoms with Crippen molar-refractivity contribution >= 4 is 0 Å². The van der Waals surface area contributed by atoms with E-state index in [4.69, 9.17) is 9.84 Å². The van der Waals surface area contributed by atoms with Gasteiger partial charge in [0.2, 0.25) is 5.88 Å². The predicted molar refractivity (Wildman–Crippen MR) is 58.7 cm³/mol. The molecule has 17 heavy (non-hydrogen) atoms. The summed E-state index contributed by atoms with van der Waals surface area (Å²) >= 11 is 0. The summed E-state index contributed by atoms with van der Waals surface area (Å²) in [7, 11) is 0. The van der Waals surface area contributed by atoms with E-state index in [0.717, 1.165) is 0 Å². The van der Waals surface area contributed by atoms with E-state index < -0.39 is 0 Å². The van der Waals surface area contributed by atoms with Gasteiger partial charge >= 0.3 is 0 Å². The van der Waals surface area contributed by atoms with Crippen LogP contribution in [0.25, 0.3) is 0 Å². The van der Waals surface area contributed by atoms with Crippen LogP contribution in [0, 0.1) is 5.82 Å². The first kappa shape index (κ1) is 11.5. The van der Waals surface area contributed by atoms with E-state index in [2.05, 4.69) is 10.2 Å². The van der Waals surface area contributed by atoms with Crippen molar-refractivity contribution in [2.45, 2.75) is 13.2 Å². The first-order valence-corrected chi connectivity index (χ1v) is 5.09. The summed E-state index contributed by atoms with van der Waals surface area (Å²) in [6.07, 6.45) is 0. The molecule has 0 unspecified atom stereocenters. The SMILES string of the molecule is OCc1ccc(OCc2ccccc2F)nn1. The van der Waals surface area contributed by atoms with Crippen molar-refractivity contribution in [1.29, 1.82) is 0 Å². The van der Waals surface area contributed by atoms with Crippen molar-refractivity contribution in [1.82, 2.24) is 10.2 Å². The van der Waals surface area contributed by atoms with Gasteiger partial charge < -0.3 is 9.84 Å². The number of nitrogens with zero attached hydrogens (tertiary/aromatic N) is 2. The molecule has 4 nitrogen and oxygen atoms in total. The van der Waals surface area contributed by atoms with Gasteiger partial charge in [-0.2, -0.15) is 0 Å². The fourth-order valence-corrected chi connectivity index (χ4v) is 1.28. The molecule has 1 N–H and O–H groups in total. The second-order valence-corrected chi connectivity index (χ2v) is 3.40. The lowest BCUT2D eigenvalue weighted by molar-refractivity contribution is 0.267. The van der Waals surface area contributed by atoms with Crippen molar-refractivity contribution < 1.29 is 14.2 Å². The Hall–Kier alpha value is -2.01. The summed E-state index contributed by atoms with van der Waals surface area (Å²) < 4.78 is 18.5. The van der Waals surface area contributed by atoms with Crippen LogP contribution >= 0.6 is 0 Å². The Morgan fingerprint density at radius 1 is 1.12 bits per heavy atom. The van der Waals surface area contributed by atoms with Gasteiger partial charge in [-0.15, -0.1) is 10.2 Å². The fraction of sp³-hybridized carbons (Fsp3) is 0.167. The van der Waals surface area contributed by atoms with Gasteiger partial charge in [0.25, 0.3) is 0 Å². The molecule has 0 amide bonds. The van der Waals surface area contributed by atoms with Crippen molar-refractivity contribution in [3.63, 3.8) is 0 Å². The lowest BCUT2D eigenvalue weighted by Gasteiger charge is -2.05. The van der Waals surface area contributed by atoms with E-state index in [1.165, 1.54) is 6.07 Å². The normalized spacial score (nSPS) is 10.2. The minimum Gasteiger partial charge on any atom is -0.472 e. The summed E-state index contributed by atoms with van der Waals surface area (Å²) in [6.45, 7) is -0.0690. The molecule has 0 spiro atoms. The lowest BCUT2D eigenvalue weighted by atomic mass is 10.2. The van der Waals surface area contributed by atoms with E-state index in [9.17, 15) is 4.39 Å². The van der Waals surface area contributed by atoms with Gasteiger partial charge in [-0.1, -0.05) is 18.2 Å². The zero-order valence-corrected chi connectivity index (χ0v) is 9.01. The second-order valence-electron chi connectivity index (χ2n) is 3.40. The summed E-state index contributed by atoms with van der Waals surface area (Å²) in [5.74, 6) is -0.0158. The lowest BCUT2D eigenvalue weighted by Crippen LogP contribution is -2.01. The first-order valence-electron chi connectivity index (χ1n) is 5.09. The molecule has 0 aliphatic carbocycles. The van der Waals surface area contributed by atoms with Gasteiger partial charge in [0, 0.05) is 11.6 Å². The molecule has 1 aromatic carbocycles. The van der Waals surface area contributed by atoms with E-state index >= 15 is 0 Å². The third kappa shape index (κ3) is 2.98. The van der Waals surface area contributed by atoms with Crippen molar-refractivity contribution in [2.75, 3.05) is 0 Å². The van der Waals surface area contributed by atoms with E-state index in [0.29, 0.717) is 17.1 Å². The van der Waals surface area contributed by atoms with Crippen LogP contribution < -0.4 is 4.74 Å². The average Bonchev–Trinajstić information content (AvgIpc) is 2.38. The molecule has 2 rings (SSSR count). The maximum Gasteiger partial charge on any atom is 0.233 e. The van der Waals surface area contributed by atoms with E-state index in [-0.39, 0.29) is 19.0 Å². The molecule has 0 saturated heterocycles. The molecular weight excluding hydrogens is 223 g/mol. The molecule has 0 bridgehead atoms. The van der Waals surface area contributed by atoms with Gasteiger partial charge in [0.05, 0.1) is 12.3 Å². The number of hydrogen-bond donors (Lipinski definition) is 1. The molecule has 0 aliphatic rings. The zero-order valence-electron chi connectivity index (χ0n) is 9.01. The van der Waals surface area contributed by atoms with Crippen molar-refractivity contribution in [3.05, 3.63) is 53.5 Å². The van der Waals surface area contributed by atoms with Crippen LogP contribution in [0.5, 0.6) is 5.88 Å². The Bertz CT molecular complexity index is 488. The summed E-state index contributed by atoms with van der Waals surface area (Å²) in [6, 6.07) is 9.56. The third-order valence-electron chi connectivity index (χ3n) is 2.19. The minimum absolute atomic E-state index is 0.0970. The van der Waals surface area contributed by atoms with Gasteiger partial charge in [0.15, 0.2) is 0 Å². The molecule has 1 heterocycles. The zero-order chi connectivity index (χ0) is 12.1. The van der Waals surface area contributed by atoms with Crippen LogP contribution in [0.3, 0.4) is 0 Å². The topological polar surface area (TPSA) is 55.2 Å². The van der Waals surface area contributed by atoms with Gasteiger partial charge in [-0.25, -0.2) is 4.39 Å². The number of halogens is 1. The monoisotopic (exact) mass is 234 g/mol. The Labute approximate surface area is 97.7 Å². The predicted octanol–water partition coefficient (Wildman–Crippen LogP) is 1.69. The van der Waals surface area contributed by atoms with Crippen LogP contribution in [0.4, 0.5) is 4.39 Å². The molecule has 1 aromatic heterocycles. The molecule has 2 aromatic rings. The first-order chi connectivity index (χ1) is 8.29. The Morgan fingerprint density at radius 2 is 1.94 bits per heavy atom. The molecule has 0 saturated carbocycles. The van der Waals surface area contributed by atoms with Crippen LogP contribution in [-0.4, -0.2) is 15.3 Å². The quantitative estimate of drug-likeness (QED) is 0.874.